The van der Waals surface area contributed by atoms with Gasteiger partial charge in [0.05, 0.1) is 17.2 Å². The zero-order valence-electron chi connectivity index (χ0n) is 20.4. The summed E-state index contributed by atoms with van der Waals surface area (Å²) in [5.74, 6) is 1.81. The van der Waals surface area contributed by atoms with Crippen molar-refractivity contribution < 1.29 is 4.79 Å². The molecule has 5 heteroatoms. The highest BCUT2D eigenvalue weighted by molar-refractivity contribution is 5.92. The molecule has 2 heterocycles. The van der Waals surface area contributed by atoms with Gasteiger partial charge in [-0.05, 0) is 92.8 Å². The summed E-state index contributed by atoms with van der Waals surface area (Å²) in [6.07, 6.45) is 6.33. The van der Waals surface area contributed by atoms with Crippen molar-refractivity contribution in [1.82, 2.24) is 14.5 Å². The standard InChI is InChI=1S/C28H36N4O/c1-18(2)28(33)30-24-10-9-22-14-21(15-23(22)16-24)17-31-12-6-5-7-27(31)32-20(4)29-25-13-19(3)8-11-26(25)32/h8-11,13,16,18,21,27H,5-7,12,14-15,17H2,1-4H3,(H,30,33)/t21-,27?/m1/s1. The number of fused-ring (bicyclic) bond motifs is 2. The fourth-order valence-corrected chi connectivity index (χ4v) is 5.72. The minimum absolute atomic E-state index is 0.00586. The van der Waals surface area contributed by atoms with E-state index >= 15 is 0 Å². The number of nitrogens with one attached hydrogen (secondary N) is 1. The monoisotopic (exact) mass is 444 g/mol. The molecule has 3 aromatic rings. The second-order valence-corrected chi connectivity index (χ2v) is 10.4. The van der Waals surface area contributed by atoms with Gasteiger partial charge in [0, 0.05) is 24.7 Å². The van der Waals surface area contributed by atoms with Gasteiger partial charge in [-0.1, -0.05) is 26.0 Å². The Morgan fingerprint density at radius 3 is 2.73 bits per heavy atom. The number of likely N-dealkylation sites (tertiary alicyclic amines) is 1. The van der Waals surface area contributed by atoms with Crippen molar-refractivity contribution in [2.45, 2.75) is 66.0 Å². The van der Waals surface area contributed by atoms with Crippen LogP contribution in [0.5, 0.6) is 0 Å². The summed E-state index contributed by atoms with van der Waals surface area (Å²) in [6, 6.07) is 13.1. The summed E-state index contributed by atoms with van der Waals surface area (Å²) in [6.45, 7) is 10.4. The third kappa shape index (κ3) is 4.43. The van der Waals surface area contributed by atoms with Gasteiger partial charge in [0.1, 0.15) is 5.82 Å². The van der Waals surface area contributed by atoms with Crippen LogP contribution in [0, 0.1) is 25.7 Å². The molecule has 0 spiro atoms. The number of amides is 1. The van der Waals surface area contributed by atoms with E-state index in [1.54, 1.807) is 0 Å². The number of imidazole rings is 1. The molecule has 0 saturated carbocycles. The molecule has 1 aliphatic carbocycles. The second kappa shape index (κ2) is 8.94. The minimum atomic E-state index is -0.00586. The molecular formula is C28H36N4O. The number of piperidine rings is 1. The molecule has 1 N–H and O–H groups in total. The predicted octanol–water partition coefficient (Wildman–Crippen LogP) is 5.65. The van der Waals surface area contributed by atoms with Crippen LogP contribution in [0.1, 0.15) is 61.8 Å². The number of aryl methyl sites for hydroxylation is 2. The Morgan fingerprint density at radius 1 is 1.09 bits per heavy atom. The molecule has 5 nitrogen and oxygen atoms in total. The topological polar surface area (TPSA) is 50.2 Å². The maximum Gasteiger partial charge on any atom is 0.226 e. The minimum Gasteiger partial charge on any atom is -0.326 e. The Kier molecular flexibility index (Phi) is 6.00. The van der Waals surface area contributed by atoms with Crippen LogP contribution in [0.4, 0.5) is 5.69 Å². The quantitative estimate of drug-likeness (QED) is 0.553. The molecule has 1 aliphatic heterocycles. The summed E-state index contributed by atoms with van der Waals surface area (Å²) in [7, 11) is 0. The summed E-state index contributed by atoms with van der Waals surface area (Å²) in [5.41, 5.74) is 7.41. The predicted molar refractivity (Wildman–Crippen MR) is 134 cm³/mol. The van der Waals surface area contributed by atoms with Crippen LogP contribution in [0.3, 0.4) is 0 Å². The van der Waals surface area contributed by atoms with Gasteiger partial charge >= 0.3 is 0 Å². The number of rotatable bonds is 5. The van der Waals surface area contributed by atoms with E-state index in [1.807, 2.05) is 13.8 Å². The Morgan fingerprint density at radius 2 is 1.91 bits per heavy atom. The Balaban J connectivity index is 1.33. The van der Waals surface area contributed by atoms with Crippen molar-refractivity contribution in [3.8, 4) is 0 Å². The molecule has 1 fully saturated rings. The molecule has 1 amide bonds. The molecule has 1 aromatic heterocycles. The molecule has 2 atom stereocenters. The van der Waals surface area contributed by atoms with E-state index < -0.39 is 0 Å². The number of carbonyl (C=O) groups is 1. The smallest absolute Gasteiger partial charge is 0.226 e. The molecule has 33 heavy (non-hydrogen) atoms. The van der Waals surface area contributed by atoms with Gasteiger partial charge in [-0.15, -0.1) is 0 Å². The third-order valence-corrected chi connectivity index (χ3v) is 7.41. The average molecular weight is 445 g/mol. The first kappa shape index (κ1) is 22.1. The zero-order chi connectivity index (χ0) is 23.1. The van der Waals surface area contributed by atoms with E-state index in [4.69, 9.17) is 4.98 Å². The van der Waals surface area contributed by atoms with E-state index in [0.717, 1.165) is 43.0 Å². The fraction of sp³-hybridized carbons (Fsp3) is 0.500. The lowest BCUT2D eigenvalue weighted by Gasteiger charge is -2.38. The van der Waals surface area contributed by atoms with Crippen LogP contribution in [0.2, 0.25) is 0 Å². The van der Waals surface area contributed by atoms with Gasteiger partial charge in [0.2, 0.25) is 5.91 Å². The zero-order valence-corrected chi connectivity index (χ0v) is 20.4. The highest BCUT2D eigenvalue weighted by atomic mass is 16.1. The van der Waals surface area contributed by atoms with Crippen LogP contribution in [0.25, 0.3) is 11.0 Å². The first-order valence-electron chi connectivity index (χ1n) is 12.5. The van der Waals surface area contributed by atoms with Gasteiger partial charge in [-0.2, -0.15) is 0 Å². The van der Waals surface area contributed by atoms with E-state index in [2.05, 4.69) is 65.0 Å². The van der Waals surface area contributed by atoms with Gasteiger partial charge in [0.25, 0.3) is 0 Å². The molecule has 2 aliphatic rings. The normalized spacial score (nSPS) is 21.0. The molecule has 1 unspecified atom stereocenters. The largest absolute Gasteiger partial charge is 0.326 e. The van der Waals surface area contributed by atoms with Crippen molar-refractivity contribution in [2.75, 3.05) is 18.4 Å². The van der Waals surface area contributed by atoms with Gasteiger partial charge in [-0.3, -0.25) is 9.69 Å². The van der Waals surface area contributed by atoms with Crippen molar-refractivity contribution in [3.05, 3.63) is 58.9 Å². The lowest BCUT2D eigenvalue weighted by Crippen LogP contribution is -2.40. The van der Waals surface area contributed by atoms with Gasteiger partial charge < -0.3 is 9.88 Å². The first-order valence-corrected chi connectivity index (χ1v) is 12.5. The lowest BCUT2D eigenvalue weighted by atomic mass is 10.0. The maximum absolute atomic E-state index is 12.1. The number of hydrogen-bond donors (Lipinski definition) is 1. The van der Waals surface area contributed by atoms with Crippen LogP contribution < -0.4 is 5.32 Å². The van der Waals surface area contributed by atoms with Crippen molar-refractivity contribution >= 4 is 22.6 Å². The van der Waals surface area contributed by atoms with Crippen LogP contribution in [-0.4, -0.2) is 33.4 Å². The number of aromatic nitrogens is 2. The van der Waals surface area contributed by atoms with Crippen LogP contribution >= 0.6 is 0 Å². The first-order chi connectivity index (χ1) is 15.9. The van der Waals surface area contributed by atoms with Crippen molar-refractivity contribution in [1.29, 1.82) is 0 Å². The van der Waals surface area contributed by atoms with E-state index in [0.29, 0.717) is 12.1 Å². The van der Waals surface area contributed by atoms with Crippen LogP contribution in [-0.2, 0) is 17.6 Å². The highest BCUT2D eigenvalue weighted by Crippen LogP contribution is 2.35. The number of nitrogens with zero attached hydrogens (tertiary/aromatic N) is 3. The Hall–Kier alpha value is -2.66. The van der Waals surface area contributed by atoms with E-state index in [1.165, 1.54) is 41.5 Å². The van der Waals surface area contributed by atoms with Gasteiger partial charge in [0.15, 0.2) is 0 Å². The van der Waals surface area contributed by atoms with E-state index in [9.17, 15) is 4.79 Å². The van der Waals surface area contributed by atoms with E-state index in [-0.39, 0.29) is 11.8 Å². The molecule has 5 rings (SSSR count). The molecule has 1 saturated heterocycles. The molecular weight excluding hydrogens is 408 g/mol. The number of benzene rings is 2. The van der Waals surface area contributed by atoms with Gasteiger partial charge in [-0.25, -0.2) is 4.98 Å². The summed E-state index contributed by atoms with van der Waals surface area (Å²) < 4.78 is 2.48. The highest BCUT2D eigenvalue weighted by Gasteiger charge is 2.31. The summed E-state index contributed by atoms with van der Waals surface area (Å²) in [4.78, 5) is 19.7. The molecule has 0 radical (unpaired) electrons. The number of hydrogen-bond acceptors (Lipinski definition) is 3. The number of carbonyl (C=O) groups excluding carboxylic acids is 1. The number of anilines is 1. The Labute approximate surface area is 197 Å². The average Bonchev–Trinajstić information content (AvgIpc) is 3.32. The lowest BCUT2D eigenvalue weighted by molar-refractivity contribution is -0.118. The Bertz CT molecular complexity index is 1180. The summed E-state index contributed by atoms with van der Waals surface area (Å²) in [5, 5.41) is 3.06. The molecule has 2 aromatic carbocycles. The SMILES string of the molecule is Cc1ccc2c(c1)nc(C)n2C1CCCCN1C[C@@H]1Cc2ccc(NC(=O)C(C)C)cc2C1. The molecule has 174 valence electrons. The van der Waals surface area contributed by atoms with Crippen LogP contribution in [0.15, 0.2) is 36.4 Å². The molecule has 0 bridgehead atoms. The summed E-state index contributed by atoms with van der Waals surface area (Å²) >= 11 is 0. The maximum atomic E-state index is 12.1. The third-order valence-electron chi connectivity index (χ3n) is 7.41. The fourth-order valence-electron chi connectivity index (χ4n) is 5.72. The van der Waals surface area contributed by atoms with Crippen molar-refractivity contribution in [3.63, 3.8) is 0 Å². The second-order valence-electron chi connectivity index (χ2n) is 10.4. The van der Waals surface area contributed by atoms with Crippen molar-refractivity contribution in [2.24, 2.45) is 11.8 Å².